The van der Waals surface area contributed by atoms with E-state index in [1.165, 1.54) is 0 Å². The third-order valence-corrected chi connectivity index (χ3v) is 2.87. The maximum absolute atomic E-state index is 11.0. The molecule has 118 valence electrons. The number of hydrogen-bond acceptors (Lipinski definition) is 6. The molecule has 1 atom stereocenters. The van der Waals surface area contributed by atoms with Gasteiger partial charge in [-0.25, -0.2) is 0 Å². The van der Waals surface area contributed by atoms with Crippen molar-refractivity contribution in [2.24, 2.45) is 0 Å². The molecule has 0 rings (SSSR count). The van der Waals surface area contributed by atoms with Crippen LogP contribution in [0.4, 0.5) is 0 Å². The third kappa shape index (κ3) is 11.0. The lowest BCUT2D eigenvalue weighted by atomic mass is 10.5. The Bertz CT molecular complexity index is 382. The van der Waals surface area contributed by atoms with Crippen molar-refractivity contribution in [2.75, 3.05) is 39.6 Å². The number of hydrogen-bond donors (Lipinski definition) is 1. The molecule has 0 amide bonds. The summed E-state index contributed by atoms with van der Waals surface area (Å²) in [5.74, 6) is 2.54. The topological polar surface area (TPSA) is 91.3 Å². The van der Waals surface area contributed by atoms with Crippen LogP contribution in [0.1, 0.15) is 20.3 Å². The first-order valence-corrected chi connectivity index (χ1v) is 7.85. The summed E-state index contributed by atoms with van der Waals surface area (Å²) in [6, 6.07) is 0. The minimum atomic E-state index is -4.36. The summed E-state index contributed by atoms with van der Waals surface area (Å²) in [5.41, 5.74) is -1.51. The molecule has 0 fully saturated rings. The highest BCUT2D eigenvalue weighted by Gasteiger charge is 2.24. The first kappa shape index (κ1) is 19.1. The molecule has 0 aliphatic carbocycles. The molecule has 0 saturated heterocycles. The molecule has 0 spiro atoms. The fourth-order valence-electron chi connectivity index (χ4n) is 1.02. The van der Waals surface area contributed by atoms with Gasteiger partial charge in [-0.1, -0.05) is 12.8 Å². The van der Waals surface area contributed by atoms with Crippen LogP contribution in [0.15, 0.2) is 0 Å². The molecule has 1 N–H and O–H groups in total. The molecule has 0 bridgehead atoms. The Morgan fingerprint density at radius 1 is 1.05 bits per heavy atom. The average molecular weight is 310 g/mol. The van der Waals surface area contributed by atoms with Gasteiger partial charge >= 0.3 is 10.1 Å². The van der Waals surface area contributed by atoms with Gasteiger partial charge in [0.2, 0.25) is 0 Å². The molecule has 8 heteroatoms. The molecule has 0 aliphatic rings. The SMILES string of the molecule is CCC#COC(COCCOCCOCC)S(=O)(=O)O. The van der Waals surface area contributed by atoms with Crippen molar-refractivity contribution >= 4 is 10.1 Å². The van der Waals surface area contributed by atoms with Crippen molar-refractivity contribution in [2.45, 2.75) is 25.7 Å². The first-order valence-electron chi connectivity index (χ1n) is 6.35. The average Bonchev–Trinajstić information content (AvgIpc) is 2.38. The highest BCUT2D eigenvalue weighted by atomic mass is 32.2. The second kappa shape index (κ2) is 11.9. The molecular weight excluding hydrogens is 288 g/mol. The maximum Gasteiger partial charge on any atom is 0.306 e. The summed E-state index contributed by atoms with van der Waals surface area (Å²) in [4.78, 5) is 0. The van der Waals surface area contributed by atoms with Crippen LogP contribution in [-0.2, 0) is 29.1 Å². The summed E-state index contributed by atoms with van der Waals surface area (Å²) in [5, 5.41) is 0. The molecule has 0 heterocycles. The van der Waals surface area contributed by atoms with Gasteiger partial charge in [0, 0.05) is 13.0 Å². The Balaban J connectivity index is 3.81. The Labute approximate surface area is 120 Å². The largest absolute Gasteiger partial charge is 0.422 e. The molecular formula is C12H22O7S. The van der Waals surface area contributed by atoms with Crippen molar-refractivity contribution in [3.05, 3.63) is 0 Å². The second-order valence-electron chi connectivity index (χ2n) is 3.58. The van der Waals surface area contributed by atoms with Gasteiger partial charge in [0.05, 0.1) is 26.4 Å². The minimum absolute atomic E-state index is 0.183. The van der Waals surface area contributed by atoms with Gasteiger partial charge in [0.1, 0.15) is 12.7 Å². The zero-order valence-corrected chi connectivity index (χ0v) is 12.6. The second-order valence-corrected chi connectivity index (χ2v) is 5.13. The van der Waals surface area contributed by atoms with E-state index in [4.69, 9.17) is 23.5 Å². The van der Waals surface area contributed by atoms with Crippen molar-refractivity contribution in [1.29, 1.82) is 0 Å². The van der Waals surface area contributed by atoms with Gasteiger partial charge in [-0.2, -0.15) is 8.42 Å². The maximum atomic E-state index is 11.0. The van der Waals surface area contributed by atoms with Crippen LogP contribution < -0.4 is 0 Å². The predicted molar refractivity (Wildman–Crippen MR) is 72.6 cm³/mol. The normalized spacial score (nSPS) is 12.6. The molecule has 20 heavy (non-hydrogen) atoms. The number of ether oxygens (including phenoxy) is 4. The van der Waals surface area contributed by atoms with Crippen LogP contribution in [0.5, 0.6) is 0 Å². The third-order valence-electron chi connectivity index (χ3n) is 1.97. The zero-order chi connectivity index (χ0) is 15.3. The van der Waals surface area contributed by atoms with E-state index in [1.807, 2.05) is 6.92 Å². The van der Waals surface area contributed by atoms with Crippen molar-refractivity contribution in [3.8, 4) is 12.0 Å². The van der Waals surface area contributed by atoms with E-state index in [0.717, 1.165) is 0 Å². The quantitative estimate of drug-likeness (QED) is 0.340. The molecule has 0 aliphatic heterocycles. The van der Waals surface area contributed by atoms with E-state index < -0.39 is 15.6 Å². The molecule has 0 aromatic heterocycles. The van der Waals surface area contributed by atoms with Gasteiger partial charge in [-0.3, -0.25) is 4.55 Å². The van der Waals surface area contributed by atoms with Crippen LogP contribution in [0, 0.1) is 12.0 Å². The fourth-order valence-corrected chi connectivity index (χ4v) is 1.46. The van der Waals surface area contributed by atoms with E-state index in [0.29, 0.717) is 32.8 Å². The summed E-state index contributed by atoms with van der Waals surface area (Å²) < 4.78 is 50.9. The van der Waals surface area contributed by atoms with Crippen LogP contribution in [0.2, 0.25) is 0 Å². The molecule has 7 nitrogen and oxygen atoms in total. The standard InChI is InChI=1S/C12H22O7S/c1-3-5-6-19-12(20(13,14)15)11-18-10-9-17-8-7-16-4-2/h12H,3-4,7-11H2,1-2H3,(H,13,14,15). The van der Waals surface area contributed by atoms with E-state index in [2.05, 4.69) is 12.0 Å². The van der Waals surface area contributed by atoms with Crippen LogP contribution >= 0.6 is 0 Å². The summed E-state index contributed by atoms with van der Waals surface area (Å²) >= 11 is 0. The molecule has 0 radical (unpaired) electrons. The van der Waals surface area contributed by atoms with Crippen LogP contribution in [-0.4, -0.2) is 58.0 Å². The summed E-state index contributed by atoms with van der Waals surface area (Å²) in [6.07, 6.45) is 2.72. The lowest BCUT2D eigenvalue weighted by Gasteiger charge is -2.12. The van der Waals surface area contributed by atoms with Gasteiger partial charge in [0.15, 0.2) is 0 Å². The Morgan fingerprint density at radius 2 is 1.65 bits per heavy atom. The van der Waals surface area contributed by atoms with E-state index in [-0.39, 0.29) is 13.2 Å². The first-order chi connectivity index (χ1) is 9.52. The Hall–Kier alpha value is -0.850. The molecule has 0 aromatic carbocycles. The fraction of sp³-hybridized carbons (Fsp3) is 0.833. The monoisotopic (exact) mass is 310 g/mol. The Morgan fingerprint density at radius 3 is 2.20 bits per heavy atom. The van der Waals surface area contributed by atoms with Crippen molar-refractivity contribution in [1.82, 2.24) is 0 Å². The lowest BCUT2D eigenvalue weighted by Crippen LogP contribution is -2.28. The highest BCUT2D eigenvalue weighted by molar-refractivity contribution is 7.86. The van der Waals surface area contributed by atoms with Gasteiger partial charge in [-0.15, -0.1) is 0 Å². The predicted octanol–water partition coefficient (Wildman–Crippen LogP) is 0.657. The lowest BCUT2D eigenvalue weighted by molar-refractivity contribution is 0.00353. The van der Waals surface area contributed by atoms with E-state index in [1.54, 1.807) is 6.92 Å². The Kier molecular flexibility index (Phi) is 11.4. The van der Waals surface area contributed by atoms with Gasteiger partial charge in [-0.05, 0) is 6.92 Å². The van der Waals surface area contributed by atoms with Gasteiger partial charge in [0.25, 0.3) is 5.44 Å². The molecule has 0 saturated carbocycles. The number of rotatable bonds is 11. The highest BCUT2D eigenvalue weighted by Crippen LogP contribution is 2.01. The summed E-state index contributed by atoms with van der Waals surface area (Å²) in [7, 11) is -4.36. The summed E-state index contributed by atoms with van der Waals surface area (Å²) in [6.45, 7) is 5.42. The van der Waals surface area contributed by atoms with Gasteiger partial charge < -0.3 is 18.9 Å². The smallest absolute Gasteiger partial charge is 0.306 e. The zero-order valence-electron chi connectivity index (χ0n) is 11.8. The van der Waals surface area contributed by atoms with Crippen LogP contribution in [0.3, 0.4) is 0 Å². The van der Waals surface area contributed by atoms with E-state index >= 15 is 0 Å². The van der Waals surface area contributed by atoms with Crippen molar-refractivity contribution < 1.29 is 31.9 Å². The molecule has 0 aromatic rings. The van der Waals surface area contributed by atoms with Crippen molar-refractivity contribution in [3.63, 3.8) is 0 Å². The van der Waals surface area contributed by atoms with E-state index in [9.17, 15) is 8.42 Å². The van der Waals surface area contributed by atoms with Crippen LogP contribution in [0.25, 0.3) is 0 Å². The minimum Gasteiger partial charge on any atom is -0.422 e. The molecule has 1 unspecified atom stereocenters.